The molecule has 0 aromatic carbocycles. The van der Waals surface area contributed by atoms with Gasteiger partial charge in [0.05, 0.1) is 12.1 Å². The summed E-state index contributed by atoms with van der Waals surface area (Å²) >= 11 is 0. The van der Waals surface area contributed by atoms with Crippen LogP contribution in [0.1, 0.15) is 51.4 Å². The molecule has 0 fully saturated rings. The second kappa shape index (κ2) is 5.82. The first kappa shape index (κ1) is 12.1. The van der Waals surface area contributed by atoms with Gasteiger partial charge < -0.3 is 15.0 Å². The summed E-state index contributed by atoms with van der Waals surface area (Å²) in [6, 6.07) is -0.133. The number of ether oxygens (including phenoxy) is 1. The molecular weight excluding hydrogens is 194 g/mol. The normalized spacial score (nSPS) is 13.4. The van der Waals surface area contributed by atoms with E-state index in [9.17, 15) is 0 Å². The first-order chi connectivity index (χ1) is 7.13. The molecule has 0 bridgehead atoms. The van der Waals surface area contributed by atoms with Crippen molar-refractivity contribution in [2.45, 2.75) is 52.4 Å². The van der Waals surface area contributed by atoms with Gasteiger partial charge in [-0.3, -0.25) is 0 Å². The molecule has 86 valence electrons. The Labute approximate surface area is 90.0 Å². The Kier molecular flexibility index (Phi) is 4.71. The van der Waals surface area contributed by atoms with Gasteiger partial charge in [0.25, 0.3) is 5.89 Å². The van der Waals surface area contributed by atoms with Crippen LogP contribution in [-0.2, 0) is 11.3 Å². The van der Waals surface area contributed by atoms with Crippen molar-refractivity contribution in [3.63, 3.8) is 0 Å². The van der Waals surface area contributed by atoms with E-state index in [0.717, 1.165) is 12.8 Å². The van der Waals surface area contributed by atoms with Crippen LogP contribution in [0.2, 0.25) is 0 Å². The third kappa shape index (κ3) is 3.97. The molecule has 0 aliphatic rings. The number of aromatic nitrogens is 2. The maximum absolute atomic E-state index is 5.85. The Morgan fingerprint density at radius 3 is 2.80 bits per heavy atom. The maximum Gasteiger partial charge on any atom is 0.252 e. The van der Waals surface area contributed by atoms with Gasteiger partial charge >= 0.3 is 0 Å². The summed E-state index contributed by atoms with van der Waals surface area (Å²) in [5, 5.41) is 3.82. The smallest absolute Gasteiger partial charge is 0.252 e. The predicted molar refractivity (Wildman–Crippen MR) is 56.1 cm³/mol. The zero-order chi connectivity index (χ0) is 11.3. The van der Waals surface area contributed by atoms with Crippen LogP contribution in [0.3, 0.4) is 0 Å². The molecule has 0 aliphatic carbocycles. The zero-order valence-corrected chi connectivity index (χ0v) is 9.56. The summed E-state index contributed by atoms with van der Waals surface area (Å²) in [5.74, 6) is 1.06. The average molecular weight is 213 g/mol. The van der Waals surface area contributed by atoms with E-state index >= 15 is 0 Å². The molecule has 1 atom stereocenters. The highest BCUT2D eigenvalue weighted by Gasteiger charge is 2.13. The summed E-state index contributed by atoms with van der Waals surface area (Å²) in [6.07, 6.45) is 2.03. The minimum atomic E-state index is -0.133. The van der Waals surface area contributed by atoms with Crippen LogP contribution in [0.4, 0.5) is 0 Å². The van der Waals surface area contributed by atoms with E-state index in [4.69, 9.17) is 15.0 Å². The molecule has 5 heteroatoms. The topological polar surface area (TPSA) is 74.2 Å². The zero-order valence-electron chi connectivity index (χ0n) is 9.56. The van der Waals surface area contributed by atoms with Crippen LogP contribution >= 0.6 is 0 Å². The molecule has 0 aliphatic heterocycles. The average Bonchev–Trinajstić information content (AvgIpc) is 2.63. The highest BCUT2D eigenvalue weighted by Crippen LogP contribution is 2.12. The van der Waals surface area contributed by atoms with Gasteiger partial charge in [-0.25, -0.2) is 0 Å². The molecule has 2 N–H and O–H groups in total. The van der Waals surface area contributed by atoms with Crippen LogP contribution < -0.4 is 5.73 Å². The minimum Gasteiger partial charge on any atom is -0.369 e. The minimum absolute atomic E-state index is 0.133. The second-order valence-electron chi connectivity index (χ2n) is 3.80. The summed E-state index contributed by atoms with van der Waals surface area (Å²) < 4.78 is 10.4. The quantitative estimate of drug-likeness (QED) is 0.779. The SMILES string of the molecule is CCCC(N)c1noc(COC(C)C)n1. The Balaban J connectivity index is 2.48. The summed E-state index contributed by atoms with van der Waals surface area (Å²) in [5.41, 5.74) is 5.85. The van der Waals surface area contributed by atoms with E-state index in [1.54, 1.807) is 0 Å². The molecule has 1 aromatic heterocycles. The van der Waals surface area contributed by atoms with E-state index < -0.39 is 0 Å². The molecule has 1 heterocycles. The summed E-state index contributed by atoms with van der Waals surface area (Å²) in [6.45, 7) is 6.34. The fourth-order valence-corrected chi connectivity index (χ4v) is 1.16. The van der Waals surface area contributed by atoms with Gasteiger partial charge in [0.2, 0.25) is 0 Å². The van der Waals surface area contributed by atoms with Crippen molar-refractivity contribution < 1.29 is 9.26 Å². The van der Waals surface area contributed by atoms with Gasteiger partial charge in [-0.2, -0.15) is 4.98 Å². The molecule has 0 amide bonds. The number of nitrogens with zero attached hydrogens (tertiary/aromatic N) is 2. The summed E-state index contributed by atoms with van der Waals surface area (Å²) in [7, 11) is 0. The Hall–Kier alpha value is -0.940. The van der Waals surface area contributed by atoms with Gasteiger partial charge in [0.1, 0.15) is 6.61 Å². The Bertz CT molecular complexity index is 286. The second-order valence-corrected chi connectivity index (χ2v) is 3.80. The number of nitrogens with two attached hydrogens (primary N) is 1. The largest absolute Gasteiger partial charge is 0.369 e. The number of rotatable bonds is 6. The molecular formula is C10H19N3O2. The van der Waals surface area contributed by atoms with Gasteiger partial charge in [-0.1, -0.05) is 18.5 Å². The van der Waals surface area contributed by atoms with Gasteiger partial charge in [-0.05, 0) is 20.3 Å². The highest BCUT2D eigenvalue weighted by molar-refractivity contribution is 4.91. The van der Waals surface area contributed by atoms with Gasteiger partial charge in [-0.15, -0.1) is 0 Å². The van der Waals surface area contributed by atoms with Gasteiger partial charge in [0.15, 0.2) is 5.82 Å². The van der Waals surface area contributed by atoms with Crippen LogP contribution in [-0.4, -0.2) is 16.2 Å². The maximum atomic E-state index is 5.85. The van der Waals surface area contributed by atoms with Crippen molar-refractivity contribution in [2.24, 2.45) is 5.73 Å². The predicted octanol–water partition coefficient (Wildman–Crippen LogP) is 1.79. The van der Waals surface area contributed by atoms with Crippen molar-refractivity contribution in [2.75, 3.05) is 0 Å². The standard InChI is InChI=1S/C10H19N3O2/c1-4-5-8(11)10-12-9(15-13-10)6-14-7(2)3/h7-8H,4-6,11H2,1-3H3. The van der Waals surface area contributed by atoms with Crippen molar-refractivity contribution >= 4 is 0 Å². The first-order valence-electron chi connectivity index (χ1n) is 5.33. The lowest BCUT2D eigenvalue weighted by Crippen LogP contribution is -2.11. The van der Waals surface area contributed by atoms with Gasteiger partial charge in [0, 0.05) is 0 Å². The molecule has 0 radical (unpaired) electrons. The van der Waals surface area contributed by atoms with E-state index in [-0.39, 0.29) is 12.1 Å². The van der Waals surface area contributed by atoms with Crippen molar-refractivity contribution in [3.05, 3.63) is 11.7 Å². The van der Waals surface area contributed by atoms with Crippen molar-refractivity contribution in [3.8, 4) is 0 Å². The van der Waals surface area contributed by atoms with Crippen LogP contribution in [0.25, 0.3) is 0 Å². The van der Waals surface area contributed by atoms with Crippen LogP contribution in [0.15, 0.2) is 4.52 Å². The van der Waals surface area contributed by atoms with E-state index in [0.29, 0.717) is 18.3 Å². The molecule has 15 heavy (non-hydrogen) atoms. The molecule has 0 spiro atoms. The third-order valence-electron chi connectivity index (χ3n) is 1.96. The lowest BCUT2D eigenvalue weighted by Gasteiger charge is -2.03. The monoisotopic (exact) mass is 213 g/mol. The molecule has 5 nitrogen and oxygen atoms in total. The lowest BCUT2D eigenvalue weighted by molar-refractivity contribution is 0.0485. The van der Waals surface area contributed by atoms with Crippen LogP contribution in [0, 0.1) is 0 Å². The Morgan fingerprint density at radius 2 is 2.20 bits per heavy atom. The van der Waals surface area contributed by atoms with Crippen LogP contribution in [0.5, 0.6) is 0 Å². The Morgan fingerprint density at radius 1 is 1.47 bits per heavy atom. The highest BCUT2D eigenvalue weighted by atomic mass is 16.5. The molecule has 0 saturated carbocycles. The number of hydrogen-bond acceptors (Lipinski definition) is 5. The molecule has 0 saturated heterocycles. The molecule has 1 aromatic rings. The van der Waals surface area contributed by atoms with E-state index in [1.165, 1.54) is 0 Å². The summed E-state index contributed by atoms with van der Waals surface area (Å²) in [4.78, 5) is 4.17. The number of hydrogen-bond donors (Lipinski definition) is 1. The molecule has 1 unspecified atom stereocenters. The fraction of sp³-hybridized carbons (Fsp3) is 0.800. The van der Waals surface area contributed by atoms with Crippen molar-refractivity contribution in [1.29, 1.82) is 0 Å². The fourth-order valence-electron chi connectivity index (χ4n) is 1.16. The molecule has 1 rings (SSSR count). The van der Waals surface area contributed by atoms with E-state index in [2.05, 4.69) is 17.1 Å². The van der Waals surface area contributed by atoms with Crippen molar-refractivity contribution in [1.82, 2.24) is 10.1 Å². The lowest BCUT2D eigenvalue weighted by atomic mass is 10.2. The third-order valence-corrected chi connectivity index (χ3v) is 1.96. The van der Waals surface area contributed by atoms with E-state index in [1.807, 2.05) is 13.8 Å². The first-order valence-corrected chi connectivity index (χ1v) is 5.33.